The molecule has 2 unspecified atom stereocenters. The van der Waals surface area contributed by atoms with Crippen LogP contribution in [0.3, 0.4) is 0 Å². The van der Waals surface area contributed by atoms with Crippen LogP contribution < -0.4 is 0 Å². The molecule has 0 saturated carbocycles. The van der Waals surface area contributed by atoms with Crippen molar-refractivity contribution in [3.63, 3.8) is 0 Å². The van der Waals surface area contributed by atoms with Gasteiger partial charge in [-0.25, -0.2) is 0 Å². The van der Waals surface area contributed by atoms with Crippen molar-refractivity contribution in [3.05, 3.63) is 0 Å². The van der Waals surface area contributed by atoms with Gasteiger partial charge < -0.3 is 24.4 Å². The van der Waals surface area contributed by atoms with Gasteiger partial charge in [0, 0.05) is 6.42 Å². The van der Waals surface area contributed by atoms with Crippen molar-refractivity contribution in [1.82, 2.24) is 0 Å². The highest BCUT2D eigenvalue weighted by Gasteiger charge is 2.56. The Hall–Kier alpha value is -0.200. The number of aliphatic hydroxyl groups excluding tert-OH is 1. The van der Waals surface area contributed by atoms with Crippen LogP contribution in [-0.2, 0) is 14.2 Å². The fraction of sp³-hybridized carbons (Fsp3) is 1.00. The van der Waals surface area contributed by atoms with E-state index in [2.05, 4.69) is 6.92 Å². The Bertz CT molecular complexity index is 175. The lowest BCUT2D eigenvalue weighted by molar-refractivity contribution is -0.00775. The second-order valence-corrected chi connectivity index (χ2v) is 3.60. The summed E-state index contributed by atoms with van der Waals surface area (Å²) in [5.74, 6) is -1.06. The fourth-order valence-corrected chi connectivity index (χ4v) is 1.30. The summed E-state index contributed by atoms with van der Waals surface area (Å²) < 4.78 is 15.3. The van der Waals surface area contributed by atoms with Gasteiger partial charge in [-0.1, -0.05) is 13.3 Å². The predicted octanol–water partition coefficient (Wildman–Crippen LogP) is 0.247. The van der Waals surface area contributed by atoms with Gasteiger partial charge in [0.1, 0.15) is 0 Å². The first kappa shape index (κ1) is 12.9. The average molecular weight is 220 g/mol. The minimum atomic E-state index is -1.06. The molecular weight excluding hydrogens is 200 g/mol. The molecule has 1 saturated heterocycles. The van der Waals surface area contributed by atoms with E-state index in [9.17, 15) is 5.11 Å². The largest absolute Gasteiger partial charge is 0.394 e. The van der Waals surface area contributed by atoms with Gasteiger partial charge in [-0.3, -0.25) is 0 Å². The third-order valence-corrected chi connectivity index (χ3v) is 2.24. The lowest BCUT2D eigenvalue weighted by Gasteiger charge is -2.05. The lowest BCUT2D eigenvalue weighted by Crippen LogP contribution is -2.18. The van der Waals surface area contributed by atoms with Gasteiger partial charge in [-0.05, 0) is 6.42 Å². The number of ether oxygens (including phenoxy) is 3. The second-order valence-electron chi connectivity index (χ2n) is 3.60. The summed E-state index contributed by atoms with van der Waals surface area (Å²) in [6.45, 7) is 3.17. The van der Waals surface area contributed by atoms with Gasteiger partial charge in [-0.2, -0.15) is 0 Å². The summed E-state index contributed by atoms with van der Waals surface area (Å²) in [5, 5.41) is 18.1. The molecule has 5 heteroatoms. The molecule has 1 heterocycles. The molecule has 1 fully saturated rings. The van der Waals surface area contributed by atoms with E-state index in [0.29, 0.717) is 26.2 Å². The fourth-order valence-electron chi connectivity index (χ4n) is 1.30. The van der Waals surface area contributed by atoms with E-state index < -0.39 is 12.1 Å². The van der Waals surface area contributed by atoms with Crippen LogP contribution in [-0.4, -0.2) is 48.7 Å². The van der Waals surface area contributed by atoms with Gasteiger partial charge in [0.25, 0.3) is 0 Å². The molecule has 0 aliphatic carbocycles. The van der Waals surface area contributed by atoms with Gasteiger partial charge in [0.2, 0.25) is 12.1 Å². The average Bonchev–Trinajstić information content (AvgIpc) is 2.87. The molecule has 2 N–H and O–H groups in total. The van der Waals surface area contributed by atoms with Crippen LogP contribution in [0.25, 0.3) is 0 Å². The Morgan fingerprint density at radius 2 is 2.13 bits per heavy atom. The highest BCUT2D eigenvalue weighted by atomic mass is 16.9. The topological polar surface area (TPSA) is 71.5 Å². The Morgan fingerprint density at radius 3 is 2.80 bits per heavy atom. The summed E-state index contributed by atoms with van der Waals surface area (Å²) in [6, 6.07) is 0. The molecule has 90 valence electrons. The maximum Gasteiger partial charge on any atom is 0.220 e. The van der Waals surface area contributed by atoms with Crippen molar-refractivity contribution in [3.8, 4) is 0 Å². The highest BCUT2D eigenvalue weighted by molar-refractivity contribution is 4.85. The SMILES string of the molecule is CCCCC1(O)OC1OCCOCCO. The lowest BCUT2D eigenvalue weighted by atomic mass is 10.2. The van der Waals surface area contributed by atoms with E-state index in [-0.39, 0.29) is 6.61 Å². The van der Waals surface area contributed by atoms with Crippen molar-refractivity contribution in [2.24, 2.45) is 0 Å². The van der Waals surface area contributed by atoms with E-state index in [1.807, 2.05) is 0 Å². The molecule has 1 aliphatic rings. The molecule has 1 aliphatic heterocycles. The van der Waals surface area contributed by atoms with Crippen LogP contribution in [0.15, 0.2) is 0 Å². The van der Waals surface area contributed by atoms with Crippen LogP contribution >= 0.6 is 0 Å². The van der Waals surface area contributed by atoms with Crippen LogP contribution in [0, 0.1) is 0 Å². The minimum Gasteiger partial charge on any atom is -0.394 e. The van der Waals surface area contributed by atoms with Gasteiger partial charge in [-0.15, -0.1) is 0 Å². The first-order valence-corrected chi connectivity index (χ1v) is 5.43. The molecule has 0 aromatic heterocycles. The van der Waals surface area contributed by atoms with Gasteiger partial charge in [0.15, 0.2) is 0 Å². The highest BCUT2D eigenvalue weighted by Crippen LogP contribution is 2.38. The maximum absolute atomic E-state index is 9.69. The number of rotatable bonds is 9. The van der Waals surface area contributed by atoms with Gasteiger partial charge >= 0.3 is 0 Å². The minimum absolute atomic E-state index is 0.0143. The van der Waals surface area contributed by atoms with Crippen molar-refractivity contribution in [1.29, 1.82) is 0 Å². The van der Waals surface area contributed by atoms with Crippen molar-refractivity contribution in [2.75, 3.05) is 26.4 Å². The van der Waals surface area contributed by atoms with Crippen LogP contribution in [0.2, 0.25) is 0 Å². The van der Waals surface area contributed by atoms with E-state index in [1.54, 1.807) is 0 Å². The quantitative estimate of drug-likeness (QED) is 0.430. The Morgan fingerprint density at radius 1 is 1.33 bits per heavy atom. The molecule has 0 aromatic rings. The summed E-state index contributed by atoms with van der Waals surface area (Å²) in [4.78, 5) is 0. The smallest absolute Gasteiger partial charge is 0.220 e. The van der Waals surface area contributed by atoms with Crippen molar-refractivity contribution in [2.45, 2.75) is 38.3 Å². The molecule has 15 heavy (non-hydrogen) atoms. The molecule has 0 radical (unpaired) electrons. The third kappa shape index (κ3) is 4.44. The zero-order valence-corrected chi connectivity index (χ0v) is 9.15. The first-order chi connectivity index (χ1) is 7.23. The molecular formula is C10H20O5. The number of aliphatic hydroxyl groups is 2. The molecule has 0 amide bonds. The van der Waals surface area contributed by atoms with Crippen LogP contribution in [0.1, 0.15) is 26.2 Å². The summed E-state index contributed by atoms with van der Waals surface area (Å²) >= 11 is 0. The zero-order chi connectivity index (χ0) is 11.1. The molecule has 1 rings (SSSR count). The Labute approximate surface area is 89.9 Å². The molecule has 0 aromatic carbocycles. The van der Waals surface area contributed by atoms with Gasteiger partial charge in [0.05, 0.1) is 26.4 Å². The molecule has 5 nitrogen and oxygen atoms in total. The summed E-state index contributed by atoms with van der Waals surface area (Å²) in [6.07, 6.45) is 2.07. The Kier molecular flexibility index (Phi) is 5.49. The number of hydrogen-bond donors (Lipinski definition) is 2. The van der Waals surface area contributed by atoms with Crippen molar-refractivity contribution < 1.29 is 24.4 Å². The van der Waals surface area contributed by atoms with Crippen LogP contribution in [0.5, 0.6) is 0 Å². The molecule has 0 spiro atoms. The maximum atomic E-state index is 9.69. The number of hydrogen-bond acceptors (Lipinski definition) is 5. The third-order valence-electron chi connectivity index (χ3n) is 2.24. The standard InChI is InChI=1S/C10H20O5/c1-2-3-4-10(12)9(15-10)14-8-7-13-6-5-11/h9,11-12H,2-8H2,1H3. The summed E-state index contributed by atoms with van der Waals surface area (Å²) in [7, 11) is 0. The van der Waals surface area contributed by atoms with Crippen LogP contribution in [0.4, 0.5) is 0 Å². The predicted molar refractivity (Wildman–Crippen MR) is 53.2 cm³/mol. The second kappa shape index (κ2) is 6.40. The zero-order valence-electron chi connectivity index (χ0n) is 9.15. The van der Waals surface area contributed by atoms with E-state index in [1.165, 1.54) is 0 Å². The summed E-state index contributed by atoms with van der Waals surface area (Å²) in [5.41, 5.74) is 0. The van der Waals surface area contributed by atoms with E-state index >= 15 is 0 Å². The normalized spacial score (nSPS) is 29.4. The van der Waals surface area contributed by atoms with E-state index in [0.717, 1.165) is 12.8 Å². The first-order valence-electron chi connectivity index (χ1n) is 5.43. The molecule has 2 atom stereocenters. The number of unbranched alkanes of at least 4 members (excludes halogenated alkanes) is 1. The molecule has 0 bridgehead atoms. The Balaban J connectivity index is 1.96. The van der Waals surface area contributed by atoms with Crippen molar-refractivity contribution >= 4 is 0 Å². The monoisotopic (exact) mass is 220 g/mol. The van der Waals surface area contributed by atoms with E-state index in [4.69, 9.17) is 19.3 Å². The number of epoxide rings is 1.